The number of benzene rings is 2. The fraction of sp³-hybridized carbons (Fsp3) is 0.400. The maximum Gasteiger partial charge on any atom is 0.309 e. The average Bonchev–Trinajstić information content (AvgIpc) is 3.44. The number of aromatic amines is 1. The van der Waals surface area contributed by atoms with E-state index in [-0.39, 0.29) is 63.1 Å². The van der Waals surface area contributed by atoms with Crippen LogP contribution >= 0.6 is 0 Å². The van der Waals surface area contributed by atoms with Crippen molar-refractivity contribution in [1.82, 2.24) is 15.6 Å². The second kappa shape index (κ2) is 19.1. The van der Waals surface area contributed by atoms with Crippen molar-refractivity contribution in [2.75, 3.05) is 33.0 Å². The molecule has 0 fully saturated rings. The molecule has 0 saturated heterocycles. The van der Waals surface area contributed by atoms with E-state index < -0.39 is 12.0 Å². The molecular formula is C35H45N3O6. The first-order valence-electron chi connectivity index (χ1n) is 15.2. The van der Waals surface area contributed by atoms with Gasteiger partial charge in [-0.2, -0.15) is 0 Å². The lowest BCUT2D eigenvalue weighted by Gasteiger charge is -2.23. The third kappa shape index (κ3) is 11.5. The summed E-state index contributed by atoms with van der Waals surface area (Å²) in [5.41, 5.74) is 3.00. The van der Waals surface area contributed by atoms with Crippen LogP contribution in [0.5, 0.6) is 0 Å². The predicted octanol–water partition coefficient (Wildman–Crippen LogP) is 4.27. The monoisotopic (exact) mass is 603 g/mol. The molecule has 44 heavy (non-hydrogen) atoms. The summed E-state index contributed by atoms with van der Waals surface area (Å²) >= 11 is 0. The third-order valence-corrected chi connectivity index (χ3v) is 7.35. The van der Waals surface area contributed by atoms with Crippen LogP contribution in [0.25, 0.3) is 10.9 Å². The zero-order valence-electron chi connectivity index (χ0n) is 25.3. The van der Waals surface area contributed by atoms with Crippen molar-refractivity contribution in [2.45, 2.75) is 44.6 Å². The molecule has 9 heteroatoms. The van der Waals surface area contributed by atoms with Crippen LogP contribution in [0.15, 0.2) is 86.1 Å². The van der Waals surface area contributed by atoms with Gasteiger partial charge in [0, 0.05) is 30.1 Å². The minimum absolute atomic E-state index is 0.0152. The predicted molar refractivity (Wildman–Crippen MR) is 172 cm³/mol. The molecule has 0 aliphatic heterocycles. The van der Waals surface area contributed by atoms with Gasteiger partial charge in [-0.3, -0.25) is 14.4 Å². The van der Waals surface area contributed by atoms with Crippen molar-refractivity contribution < 1.29 is 29.0 Å². The number of aliphatic hydroxyl groups excluding tert-OH is 1. The maximum absolute atomic E-state index is 13.5. The fourth-order valence-electron chi connectivity index (χ4n) is 5.07. The maximum atomic E-state index is 13.5. The Labute approximate surface area is 259 Å². The lowest BCUT2D eigenvalue weighted by atomic mass is 9.95. The number of carbonyl (C=O) groups is 3. The first-order valence-corrected chi connectivity index (χ1v) is 15.2. The number of H-pyrrole nitrogens is 1. The van der Waals surface area contributed by atoms with Crippen molar-refractivity contribution >= 4 is 28.7 Å². The van der Waals surface area contributed by atoms with Crippen LogP contribution in [-0.4, -0.2) is 66.9 Å². The number of carbonyl (C=O) groups excluding carboxylic acids is 3. The minimum Gasteiger partial charge on any atom is -0.463 e. The standard InChI is InChI=1S/C35H45N3O6/c1-3-5-14-28(21-26-12-7-6-8-13-26)35(42)44-25-30(22-29-24-37-32-16-10-9-15-31(29)32)38-34(41)27(11-4-2)23-33(40)36-17-19-43-20-18-39/h3-4,6-10,12-13,15-16,24,27-28,30,37,39H,1-2,5,11,14,17-23,25H2,(H,36,40)(H,38,41)/t27-,28+,30-/m0/s1. The van der Waals surface area contributed by atoms with E-state index in [1.54, 1.807) is 12.2 Å². The number of hydrogen-bond donors (Lipinski definition) is 4. The second-order valence-corrected chi connectivity index (χ2v) is 10.8. The summed E-state index contributed by atoms with van der Waals surface area (Å²) in [4.78, 5) is 42.7. The molecule has 3 rings (SSSR count). The van der Waals surface area contributed by atoms with E-state index in [0.29, 0.717) is 32.1 Å². The molecular weight excluding hydrogens is 558 g/mol. The lowest BCUT2D eigenvalue weighted by molar-refractivity contribution is -0.150. The third-order valence-electron chi connectivity index (χ3n) is 7.35. The first kappa shape index (κ1) is 34.3. The Morgan fingerprint density at radius 2 is 1.73 bits per heavy atom. The Morgan fingerprint density at radius 3 is 2.48 bits per heavy atom. The topological polar surface area (TPSA) is 130 Å². The second-order valence-electron chi connectivity index (χ2n) is 10.8. The quantitative estimate of drug-likeness (QED) is 0.0818. The number of ether oxygens (including phenoxy) is 2. The number of aliphatic hydroxyl groups is 1. The van der Waals surface area contributed by atoms with E-state index in [2.05, 4.69) is 28.8 Å². The van der Waals surface area contributed by atoms with E-state index in [0.717, 1.165) is 22.0 Å². The summed E-state index contributed by atoms with van der Waals surface area (Å²) in [5.74, 6) is -1.92. The van der Waals surface area contributed by atoms with Crippen LogP contribution in [-0.2, 0) is 36.7 Å². The molecule has 9 nitrogen and oxygen atoms in total. The summed E-state index contributed by atoms with van der Waals surface area (Å²) in [6, 6.07) is 17.2. The number of nitrogens with one attached hydrogen (secondary N) is 3. The van der Waals surface area contributed by atoms with E-state index in [1.165, 1.54) is 0 Å². The Bertz CT molecular complexity index is 1340. The van der Waals surface area contributed by atoms with Crippen molar-refractivity contribution in [3.63, 3.8) is 0 Å². The number of fused-ring (bicyclic) bond motifs is 1. The van der Waals surface area contributed by atoms with Crippen LogP contribution in [0.1, 0.15) is 36.8 Å². The molecule has 0 aliphatic rings. The highest BCUT2D eigenvalue weighted by atomic mass is 16.5. The van der Waals surface area contributed by atoms with Crippen LogP contribution < -0.4 is 10.6 Å². The lowest BCUT2D eigenvalue weighted by Crippen LogP contribution is -2.44. The summed E-state index contributed by atoms with van der Waals surface area (Å²) in [7, 11) is 0. The summed E-state index contributed by atoms with van der Waals surface area (Å²) < 4.78 is 11.0. The number of hydrogen-bond acceptors (Lipinski definition) is 6. The number of amides is 2. The van der Waals surface area contributed by atoms with Crippen molar-refractivity contribution in [3.05, 3.63) is 97.2 Å². The molecule has 0 bridgehead atoms. The Kier molecular flexibility index (Phi) is 14.9. The van der Waals surface area contributed by atoms with Gasteiger partial charge >= 0.3 is 5.97 Å². The molecule has 1 heterocycles. The summed E-state index contributed by atoms with van der Waals surface area (Å²) in [6.45, 7) is 8.19. The molecule has 0 unspecified atom stereocenters. The van der Waals surface area contributed by atoms with Crippen LogP contribution in [0.2, 0.25) is 0 Å². The Morgan fingerprint density at radius 1 is 0.955 bits per heavy atom. The molecule has 3 aromatic rings. The number of esters is 1. The molecule has 2 aromatic carbocycles. The number of rotatable bonds is 21. The molecule has 4 N–H and O–H groups in total. The Hall–Kier alpha value is -4.21. The first-order chi connectivity index (χ1) is 21.4. The van der Waals surface area contributed by atoms with Crippen LogP contribution in [0, 0.1) is 11.8 Å². The van der Waals surface area contributed by atoms with E-state index in [4.69, 9.17) is 14.6 Å². The zero-order chi connectivity index (χ0) is 31.6. The molecule has 1 aromatic heterocycles. The van der Waals surface area contributed by atoms with E-state index >= 15 is 0 Å². The van der Waals surface area contributed by atoms with Crippen molar-refractivity contribution in [2.24, 2.45) is 11.8 Å². The molecule has 0 radical (unpaired) electrons. The van der Waals surface area contributed by atoms with Gasteiger partial charge in [-0.05, 0) is 49.3 Å². The highest BCUT2D eigenvalue weighted by Gasteiger charge is 2.26. The highest BCUT2D eigenvalue weighted by Crippen LogP contribution is 2.21. The molecule has 236 valence electrons. The van der Waals surface area contributed by atoms with Gasteiger partial charge in [-0.25, -0.2) is 0 Å². The van der Waals surface area contributed by atoms with Crippen molar-refractivity contribution in [3.8, 4) is 0 Å². The van der Waals surface area contributed by atoms with Crippen LogP contribution in [0.3, 0.4) is 0 Å². The highest BCUT2D eigenvalue weighted by molar-refractivity contribution is 5.86. The van der Waals surface area contributed by atoms with Gasteiger partial charge in [-0.15, -0.1) is 13.2 Å². The van der Waals surface area contributed by atoms with Crippen molar-refractivity contribution in [1.29, 1.82) is 0 Å². The molecule has 3 atom stereocenters. The molecule has 0 spiro atoms. The average molecular weight is 604 g/mol. The van der Waals surface area contributed by atoms with Crippen LogP contribution in [0.4, 0.5) is 0 Å². The van der Waals surface area contributed by atoms with Gasteiger partial charge in [0.05, 0.1) is 37.7 Å². The number of para-hydroxylation sites is 1. The SMILES string of the molecule is C=CCC[C@H](Cc1ccccc1)C(=O)OC[C@H](Cc1c[nH]c2ccccc12)NC(=O)[C@@H](CC=C)CC(=O)NCCOCCO. The molecule has 2 amide bonds. The molecule has 0 saturated carbocycles. The minimum atomic E-state index is -0.648. The fourth-order valence-corrected chi connectivity index (χ4v) is 5.07. The summed E-state index contributed by atoms with van der Waals surface area (Å²) in [6.07, 6.45) is 7.86. The van der Waals surface area contributed by atoms with Gasteiger partial charge in [0.15, 0.2) is 0 Å². The number of allylic oxidation sites excluding steroid dienone is 2. The smallest absolute Gasteiger partial charge is 0.309 e. The zero-order valence-corrected chi connectivity index (χ0v) is 25.3. The summed E-state index contributed by atoms with van der Waals surface area (Å²) in [5, 5.41) is 15.6. The van der Waals surface area contributed by atoms with Gasteiger partial charge in [-0.1, -0.05) is 60.7 Å². The van der Waals surface area contributed by atoms with E-state index in [9.17, 15) is 14.4 Å². The normalized spacial score (nSPS) is 13.0. The largest absolute Gasteiger partial charge is 0.463 e. The molecule has 0 aliphatic carbocycles. The van der Waals surface area contributed by atoms with Gasteiger partial charge in [0.25, 0.3) is 0 Å². The van der Waals surface area contributed by atoms with Gasteiger partial charge in [0.1, 0.15) is 6.61 Å². The Balaban J connectivity index is 1.71. The van der Waals surface area contributed by atoms with E-state index in [1.807, 2.05) is 60.8 Å². The number of aromatic nitrogens is 1. The van der Waals surface area contributed by atoms with Gasteiger partial charge < -0.3 is 30.2 Å². The van der Waals surface area contributed by atoms with Gasteiger partial charge in [0.2, 0.25) is 11.8 Å².